The fourth-order valence-corrected chi connectivity index (χ4v) is 1.91. The predicted molar refractivity (Wildman–Crippen MR) is 74.3 cm³/mol. The van der Waals surface area contributed by atoms with Crippen LogP contribution in [0.1, 0.15) is 0 Å². The van der Waals surface area contributed by atoms with Crippen LogP contribution in [-0.4, -0.2) is 37.1 Å². The average molecular weight is 353 g/mol. The highest BCUT2D eigenvalue weighted by atomic mass is 79.9. The summed E-state index contributed by atoms with van der Waals surface area (Å²) < 4.78 is 36.4. The first-order valence-electron chi connectivity index (χ1n) is 5.60. The zero-order chi connectivity index (χ0) is 15.3. The van der Waals surface area contributed by atoms with Crippen molar-refractivity contribution in [3.63, 3.8) is 0 Å². The van der Waals surface area contributed by atoms with Crippen LogP contribution in [0.4, 0.5) is 14.5 Å². The number of carbonyl (C=O) groups excluding carboxylic acids is 1. The molecule has 0 aliphatic carbocycles. The van der Waals surface area contributed by atoms with E-state index in [2.05, 4.69) is 26.0 Å². The maximum atomic E-state index is 13.5. The highest BCUT2D eigenvalue weighted by Crippen LogP contribution is 2.31. The lowest BCUT2D eigenvalue weighted by Gasteiger charge is -2.28. The summed E-state index contributed by atoms with van der Waals surface area (Å²) in [6, 6.07) is 3.06. The molecule has 1 aromatic carbocycles. The Morgan fingerprint density at radius 1 is 1.35 bits per heavy atom. The van der Waals surface area contributed by atoms with Crippen LogP contribution in [0.2, 0.25) is 0 Å². The molecule has 0 saturated heterocycles. The smallest absolute Gasteiger partial charge is 0.325 e. The van der Waals surface area contributed by atoms with Crippen molar-refractivity contribution in [2.75, 3.05) is 19.5 Å². The lowest BCUT2D eigenvalue weighted by Crippen LogP contribution is -2.53. The van der Waals surface area contributed by atoms with E-state index in [1.165, 1.54) is 19.2 Å². The molecule has 0 amide bonds. The first kappa shape index (κ1) is 16.6. The van der Waals surface area contributed by atoms with Crippen molar-refractivity contribution in [3.8, 4) is 5.75 Å². The molecule has 1 rings (SSSR count). The predicted octanol–water partition coefficient (Wildman–Crippen LogP) is 1.96. The molecule has 0 fully saturated rings. The number of hydrogen-bond acceptors (Lipinski definition) is 5. The molecule has 1 aromatic rings. The standard InChI is InChI=1S/C12H15BrF2N2O3/c1-19-8-5-3-7(4-6-8)17-10(12(13,14)15)9(16)11(18)20-2/h3-6,9-10,17H,16H2,1-2H3/t9-,10-/m0/s1. The first-order valence-corrected chi connectivity index (χ1v) is 6.39. The van der Waals surface area contributed by atoms with Gasteiger partial charge in [0.25, 0.3) is 0 Å². The molecule has 2 atom stereocenters. The number of anilines is 1. The summed E-state index contributed by atoms with van der Waals surface area (Å²) in [6.07, 6.45) is 0. The van der Waals surface area contributed by atoms with E-state index in [0.29, 0.717) is 11.4 Å². The number of nitrogens with one attached hydrogen (secondary N) is 1. The van der Waals surface area contributed by atoms with Gasteiger partial charge in [-0.15, -0.1) is 0 Å². The number of esters is 1. The summed E-state index contributed by atoms with van der Waals surface area (Å²) in [7, 11) is 2.57. The topological polar surface area (TPSA) is 73.6 Å². The Hall–Kier alpha value is -1.41. The molecule has 0 aliphatic rings. The number of methoxy groups -OCH3 is 2. The van der Waals surface area contributed by atoms with E-state index in [4.69, 9.17) is 10.5 Å². The number of rotatable bonds is 6. The van der Waals surface area contributed by atoms with Gasteiger partial charge in [-0.1, -0.05) is 0 Å². The Morgan fingerprint density at radius 3 is 2.30 bits per heavy atom. The molecule has 0 saturated carbocycles. The highest BCUT2D eigenvalue weighted by Gasteiger charge is 2.44. The molecule has 8 heteroatoms. The molecule has 0 bridgehead atoms. The number of benzene rings is 1. The molecule has 3 N–H and O–H groups in total. The van der Waals surface area contributed by atoms with Gasteiger partial charge in [-0.2, -0.15) is 8.78 Å². The second-order valence-corrected chi connectivity index (χ2v) is 5.00. The maximum absolute atomic E-state index is 13.5. The van der Waals surface area contributed by atoms with Gasteiger partial charge in [-0.3, -0.25) is 4.79 Å². The van der Waals surface area contributed by atoms with Crippen LogP contribution in [0.15, 0.2) is 24.3 Å². The van der Waals surface area contributed by atoms with E-state index >= 15 is 0 Å². The number of nitrogens with two attached hydrogens (primary N) is 1. The van der Waals surface area contributed by atoms with Gasteiger partial charge in [0, 0.05) is 5.69 Å². The van der Waals surface area contributed by atoms with E-state index in [1.807, 2.05) is 0 Å². The van der Waals surface area contributed by atoms with Crippen LogP contribution in [0.5, 0.6) is 5.75 Å². The first-order chi connectivity index (χ1) is 9.29. The normalized spacial score (nSPS) is 14.3. The van der Waals surface area contributed by atoms with Crippen molar-refractivity contribution in [3.05, 3.63) is 24.3 Å². The van der Waals surface area contributed by atoms with E-state index < -0.39 is 22.9 Å². The lowest BCUT2D eigenvalue weighted by molar-refractivity contribution is -0.143. The lowest BCUT2D eigenvalue weighted by atomic mass is 10.1. The van der Waals surface area contributed by atoms with Crippen molar-refractivity contribution in [2.24, 2.45) is 5.73 Å². The highest BCUT2D eigenvalue weighted by molar-refractivity contribution is 9.10. The van der Waals surface area contributed by atoms with Gasteiger partial charge in [0.05, 0.1) is 14.2 Å². The molecule has 5 nitrogen and oxygen atoms in total. The average Bonchev–Trinajstić information content (AvgIpc) is 2.42. The third kappa shape index (κ3) is 4.31. The number of alkyl halides is 3. The van der Waals surface area contributed by atoms with Crippen molar-refractivity contribution < 1.29 is 23.0 Å². The van der Waals surface area contributed by atoms with Crippen LogP contribution >= 0.6 is 15.9 Å². The van der Waals surface area contributed by atoms with Gasteiger partial charge >= 0.3 is 10.8 Å². The van der Waals surface area contributed by atoms with Gasteiger partial charge in [0.1, 0.15) is 17.8 Å². The van der Waals surface area contributed by atoms with Crippen molar-refractivity contribution in [2.45, 2.75) is 16.9 Å². The minimum atomic E-state index is -3.39. The van der Waals surface area contributed by atoms with Crippen molar-refractivity contribution in [1.82, 2.24) is 0 Å². The van der Waals surface area contributed by atoms with Crippen LogP contribution in [0, 0.1) is 0 Å². The molecule has 0 aliphatic heterocycles. The molecule has 0 unspecified atom stereocenters. The molecule has 20 heavy (non-hydrogen) atoms. The minimum Gasteiger partial charge on any atom is -0.497 e. The molecule has 0 aromatic heterocycles. The molecular formula is C12H15BrF2N2O3. The fraction of sp³-hybridized carbons (Fsp3) is 0.417. The van der Waals surface area contributed by atoms with Gasteiger partial charge in [-0.25, -0.2) is 0 Å². The van der Waals surface area contributed by atoms with Crippen molar-refractivity contribution in [1.29, 1.82) is 0 Å². The van der Waals surface area contributed by atoms with Crippen molar-refractivity contribution >= 4 is 27.6 Å². The second kappa shape index (κ2) is 6.85. The molecule has 0 radical (unpaired) electrons. The van der Waals surface area contributed by atoms with Crippen LogP contribution in [-0.2, 0) is 9.53 Å². The van der Waals surface area contributed by atoms with E-state index in [-0.39, 0.29) is 0 Å². The Bertz CT molecular complexity index is 451. The van der Waals surface area contributed by atoms with Gasteiger partial charge in [-0.05, 0) is 40.2 Å². The molecule has 0 spiro atoms. The Balaban J connectivity index is 2.92. The number of ether oxygens (including phenoxy) is 2. The summed E-state index contributed by atoms with van der Waals surface area (Å²) in [4.78, 5) is 7.94. The molecule has 112 valence electrons. The minimum absolute atomic E-state index is 0.370. The Labute approximate surface area is 123 Å². The number of hydrogen-bond donors (Lipinski definition) is 2. The second-order valence-electron chi connectivity index (χ2n) is 3.94. The Kier molecular flexibility index (Phi) is 5.70. The molecule has 0 heterocycles. The zero-order valence-corrected chi connectivity index (χ0v) is 12.5. The van der Waals surface area contributed by atoms with Crippen LogP contribution < -0.4 is 15.8 Å². The number of carbonyl (C=O) groups is 1. The quantitative estimate of drug-likeness (QED) is 0.604. The third-order valence-corrected chi connectivity index (χ3v) is 3.09. The van der Waals surface area contributed by atoms with E-state index in [0.717, 1.165) is 7.11 Å². The van der Waals surface area contributed by atoms with Gasteiger partial charge in [0.15, 0.2) is 0 Å². The van der Waals surface area contributed by atoms with Crippen LogP contribution in [0.3, 0.4) is 0 Å². The summed E-state index contributed by atoms with van der Waals surface area (Å²) in [6.45, 7) is 0. The maximum Gasteiger partial charge on any atom is 0.325 e. The monoisotopic (exact) mass is 352 g/mol. The van der Waals surface area contributed by atoms with E-state index in [9.17, 15) is 13.6 Å². The fourth-order valence-electron chi connectivity index (χ4n) is 1.51. The summed E-state index contributed by atoms with van der Waals surface area (Å²) >= 11 is 2.22. The third-order valence-electron chi connectivity index (χ3n) is 2.60. The van der Waals surface area contributed by atoms with Gasteiger partial charge < -0.3 is 20.5 Å². The molecular weight excluding hydrogens is 338 g/mol. The SMILES string of the molecule is COC(=O)[C@@H](N)[C@H](Nc1ccc(OC)cc1)C(F)(F)Br. The number of halogens is 3. The summed E-state index contributed by atoms with van der Waals surface area (Å²) in [5.41, 5.74) is 5.86. The zero-order valence-electron chi connectivity index (χ0n) is 10.9. The summed E-state index contributed by atoms with van der Waals surface area (Å²) in [5.74, 6) is -0.356. The van der Waals surface area contributed by atoms with Crippen LogP contribution in [0.25, 0.3) is 0 Å². The summed E-state index contributed by atoms with van der Waals surface area (Å²) in [5, 5.41) is 2.51. The largest absolute Gasteiger partial charge is 0.497 e. The van der Waals surface area contributed by atoms with E-state index in [1.54, 1.807) is 12.1 Å². The Morgan fingerprint density at radius 2 is 1.90 bits per heavy atom. The van der Waals surface area contributed by atoms with Gasteiger partial charge in [0.2, 0.25) is 0 Å².